The third-order valence-corrected chi connectivity index (χ3v) is 5.84. The van der Waals surface area contributed by atoms with E-state index >= 15 is 0 Å². The number of carbonyl (C=O) groups is 3. The van der Waals surface area contributed by atoms with Crippen molar-refractivity contribution >= 4 is 40.0 Å². The standard InChI is InChI=1S/C19H22N6O3S/c26-16-5-4-14(22-16)18(28)23-19-21-13(12-29-19)11-17(27)25-9-7-24(8-10-25)15-3-1-2-6-20-15/h1-3,6,12,14H,4-5,7-11H2,(H,22,26)(H,21,23,28)/t14-/m0/s1. The molecule has 0 saturated carbocycles. The molecule has 1 atom stereocenters. The zero-order valence-electron chi connectivity index (χ0n) is 15.8. The van der Waals surface area contributed by atoms with E-state index in [-0.39, 0.29) is 24.1 Å². The first kappa shape index (κ1) is 19.3. The minimum absolute atomic E-state index is 0.0249. The van der Waals surface area contributed by atoms with Gasteiger partial charge in [-0.2, -0.15) is 0 Å². The fraction of sp³-hybridized carbons (Fsp3) is 0.421. The molecular weight excluding hydrogens is 392 g/mol. The fourth-order valence-corrected chi connectivity index (χ4v) is 4.15. The number of amides is 3. The molecule has 2 aromatic rings. The molecule has 2 aliphatic heterocycles. The van der Waals surface area contributed by atoms with E-state index in [4.69, 9.17) is 0 Å². The van der Waals surface area contributed by atoms with Crippen LogP contribution >= 0.6 is 11.3 Å². The maximum Gasteiger partial charge on any atom is 0.248 e. The SMILES string of the molecule is O=C1CC[C@@H](C(=O)Nc2nc(CC(=O)N3CCN(c4ccccn4)CC3)cs2)N1. The third-order valence-electron chi connectivity index (χ3n) is 5.03. The van der Waals surface area contributed by atoms with Crippen LogP contribution in [-0.2, 0) is 20.8 Å². The summed E-state index contributed by atoms with van der Waals surface area (Å²) in [6, 6.07) is 5.31. The van der Waals surface area contributed by atoms with Crippen molar-refractivity contribution in [2.24, 2.45) is 0 Å². The molecular formula is C19H22N6O3S. The largest absolute Gasteiger partial charge is 0.353 e. The van der Waals surface area contributed by atoms with E-state index in [2.05, 4.69) is 25.5 Å². The van der Waals surface area contributed by atoms with Crippen LogP contribution in [0.5, 0.6) is 0 Å². The Morgan fingerprint density at radius 3 is 2.76 bits per heavy atom. The topological polar surface area (TPSA) is 108 Å². The number of hydrogen-bond donors (Lipinski definition) is 2. The van der Waals surface area contributed by atoms with Gasteiger partial charge in [-0.1, -0.05) is 6.07 Å². The minimum Gasteiger partial charge on any atom is -0.353 e. The number of nitrogens with zero attached hydrogens (tertiary/aromatic N) is 4. The average Bonchev–Trinajstić information content (AvgIpc) is 3.37. The summed E-state index contributed by atoms with van der Waals surface area (Å²) in [5.41, 5.74) is 0.637. The Labute approximate surface area is 172 Å². The highest BCUT2D eigenvalue weighted by molar-refractivity contribution is 7.13. The number of carbonyl (C=O) groups excluding carboxylic acids is 3. The number of aromatic nitrogens is 2. The Morgan fingerprint density at radius 1 is 1.24 bits per heavy atom. The summed E-state index contributed by atoms with van der Waals surface area (Å²) < 4.78 is 0. The Balaban J connectivity index is 1.26. The molecule has 10 heteroatoms. The molecule has 3 amide bonds. The molecule has 2 N–H and O–H groups in total. The van der Waals surface area contributed by atoms with E-state index in [9.17, 15) is 14.4 Å². The summed E-state index contributed by atoms with van der Waals surface area (Å²) in [6.45, 7) is 2.78. The molecule has 2 aromatic heterocycles. The maximum atomic E-state index is 12.6. The normalized spacial score (nSPS) is 19.2. The van der Waals surface area contributed by atoms with Crippen LogP contribution < -0.4 is 15.5 Å². The van der Waals surface area contributed by atoms with Crippen LogP contribution in [0, 0.1) is 0 Å². The summed E-state index contributed by atoms with van der Waals surface area (Å²) >= 11 is 1.28. The number of anilines is 2. The van der Waals surface area contributed by atoms with Crippen LogP contribution in [0.3, 0.4) is 0 Å². The van der Waals surface area contributed by atoms with Crippen molar-refractivity contribution in [3.8, 4) is 0 Å². The lowest BCUT2D eigenvalue weighted by atomic mass is 10.2. The highest BCUT2D eigenvalue weighted by atomic mass is 32.1. The van der Waals surface area contributed by atoms with Crippen LogP contribution in [0.1, 0.15) is 18.5 Å². The van der Waals surface area contributed by atoms with Crippen molar-refractivity contribution < 1.29 is 14.4 Å². The molecule has 4 rings (SSSR count). The molecule has 0 radical (unpaired) electrons. The van der Waals surface area contributed by atoms with Gasteiger partial charge in [0, 0.05) is 44.2 Å². The molecule has 9 nitrogen and oxygen atoms in total. The highest BCUT2D eigenvalue weighted by Gasteiger charge is 2.28. The Hall–Kier alpha value is -3.01. The molecule has 0 unspecified atom stereocenters. The summed E-state index contributed by atoms with van der Waals surface area (Å²) in [7, 11) is 0. The summed E-state index contributed by atoms with van der Waals surface area (Å²) in [5, 5.41) is 7.57. The van der Waals surface area contributed by atoms with Gasteiger partial charge in [0.2, 0.25) is 17.7 Å². The van der Waals surface area contributed by atoms with Crippen molar-refractivity contribution in [2.45, 2.75) is 25.3 Å². The summed E-state index contributed by atoms with van der Waals surface area (Å²) in [4.78, 5) is 48.7. The van der Waals surface area contributed by atoms with Gasteiger partial charge < -0.3 is 20.4 Å². The highest BCUT2D eigenvalue weighted by Crippen LogP contribution is 2.19. The molecule has 0 aromatic carbocycles. The van der Waals surface area contributed by atoms with Gasteiger partial charge in [0.05, 0.1) is 12.1 Å². The van der Waals surface area contributed by atoms with Crippen LogP contribution in [0.15, 0.2) is 29.8 Å². The first-order valence-corrected chi connectivity index (χ1v) is 10.4. The monoisotopic (exact) mass is 414 g/mol. The van der Waals surface area contributed by atoms with Gasteiger partial charge >= 0.3 is 0 Å². The molecule has 2 aliphatic rings. The third kappa shape index (κ3) is 4.70. The van der Waals surface area contributed by atoms with Gasteiger partial charge in [-0.3, -0.25) is 14.4 Å². The maximum absolute atomic E-state index is 12.6. The van der Waals surface area contributed by atoms with Crippen molar-refractivity contribution in [1.82, 2.24) is 20.2 Å². The fourth-order valence-electron chi connectivity index (χ4n) is 3.44. The second-order valence-electron chi connectivity index (χ2n) is 7.02. The number of nitrogens with one attached hydrogen (secondary N) is 2. The molecule has 0 spiro atoms. The van der Waals surface area contributed by atoms with Crippen LogP contribution in [0.25, 0.3) is 0 Å². The van der Waals surface area contributed by atoms with E-state index in [1.807, 2.05) is 23.1 Å². The van der Waals surface area contributed by atoms with Crippen LogP contribution in [-0.4, -0.2) is 64.8 Å². The van der Waals surface area contributed by atoms with Gasteiger partial charge in [0.15, 0.2) is 5.13 Å². The lowest BCUT2D eigenvalue weighted by Crippen LogP contribution is -2.49. The molecule has 0 aliphatic carbocycles. The molecule has 4 heterocycles. The molecule has 2 saturated heterocycles. The zero-order valence-corrected chi connectivity index (χ0v) is 16.7. The molecule has 0 bridgehead atoms. The molecule has 152 valence electrons. The van der Waals surface area contributed by atoms with Gasteiger partial charge in [-0.15, -0.1) is 11.3 Å². The van der Waals surface area contributed by atoms with E-state index in [0.29, 0.717) is 36.8 Å². The number of piperazine rings is 1. The van der Waals surface area contributed by atoms with Crippen LogP contribution in [0.4, 0.5) is 10.9 Å². The predicted molar refractivity (Wildman–Crippen MR) is 109 cm³/mol. The van der Waals surface area contributed by atoms with Crippen molar-refractivity contribution in [3.63, 3.8) is 0 Å². The van der Waals surface area contributed by atoms with Crippen molar-refractivity contribution in [2.75, 3.05) is 36.4 Å². The van der Waals surface area contributed by atoms with Crippen LogP contribution in [0.2, 0.25) is 0 Å². The van der Waals surface area contributed by atoms with Gasteiger partial charge in [0.25, 0.3) is 0 Å². The Bertz CT molecular complexity index is 894. The number of thiazole rings is 1. The second-order valence-corrected chi connectivity index (χ2v) is 7.88. The quantitative estimate of drug-likeness (QED) is 0.744. The van der Waals surface area contributed by atoms with E-state index < -0.39 is 6.04 Å². The summed E-state index contributed by atoms with van der Waals surface area (Å²) in [5.74, 6) is 0.572. The zero-order chi connectivity index (χ0) is 20.2. The van der Waals surface area contributed by atoms with Gasteiger partial charge in [-0.05, 0) is 18.6 Å². The van der Waals surface area contributed by atoms with E-state index in [0.717, 1.165) is 18.9 Å². The number of pyridine rings is 1. The predicted octanol–water partition coefficient (Wildman–Crippen LogP) is 0.646. The van der Waals surface area contributed by atoms with Gasteiger partial charge in [-0.25, -0.2) is 9.97 Å². The smallest absolute Gasteiger partial charge is 0.248 e. The number of hydrogen-bond acceptors (Lipinski definition) is 7. The number of rotatable bonds is 5. The Kier molecular flexibility index (Phi) is 5.70. The van der Waals surface area contributed by atoms with Gasteiger partial charge in [0.1, 0.15) is 11.9 Å². The summed E-state index contributed by atoms with van der Waals surface area (Å²) in [6.07, 6.45) is 2.83. The molecule has 2 fully saturated rings. The van der Waals surface area contributed by atoms with Crippen molar-refractivity contribution in [3.05, 3.63) is 35.5 Å². The first-order chi connectivity index (χ1) is 14.1. The lowest BCUT2D eigenvalue weighted by Gasteiger charge is -2.35. The molecule has 29 heavy (non-hydrogen) atoms. The second kappa shape index (κ2) is 8.56. The van der Waals surface area contributed by atoms with E-state index in [1.165, 1.54) is 11.3 Å². The van der Waals surface area contributed by atoms with E-state index in [1.54, 1.807) is 11.6 Å². The average molecular weight is 414 g/mol. The minimum atomic E-state index is -0.508. The first-order valence-electron chi connectivity index (χ1n) is 9.57. The Morgan fingerprint density at radius 2 is 2.07 bits per heavy atom. The lowest BCUT2D eigenvalue weighted by molar-refractivity contribution is -0.130. The van der Waals surface area contributed by atoms with Crippen molar-refractivity contribution in [1.29, 1.82) is 0 Å².